The van der Waals surface area contributed by atoms with Crippen molar-refractivity contribution in [2.75, 3.05) is 6.61 Å². The van der Waals surface area contributed by atoms with Crippen LogP contribution in [0.1, 0.15) is 41.6 Å². The second-order valence-electron chi connectivity index (χ2n) is 6.52. The van der Waals surface area contributed by atoms with Gasteiger partial charge in [-0.2, -0.15) is 0 Å². The third kappa shape index (κ3) is 5.56. The van der Waals surface area contributed by atoms with Gasteiger partial charge in [-0.3, -0.25) is 10.1 Å². The first-order valence-corrected chi connectivity index (χ1v) is 9.50. The van der Waals surface area contributed by atoms with Crippen LogP contribution < -0.4 is 15.4 Å². The van der Waals surface area contributed by atoms with Gasteiger partial charge in [0.05, 0.1) is 6.61 Å². The molecule has 1 saturated carbocycles. The maximum atomic E-state index is 12.3. The number of amides is 1. The van der Waals surface area contributed by atoms with Gasteiger partial charge in [-0.1, -0.05) is 43.2 Å². The highest BCUT2D eigenvalue weighted by molar-refractivity contribution is 7.80. The highest BCUT2D eigenvalue weighted by Crippen LogP contribution is 2.17. The van der Waals surface area contributed by atoms with Gasteiger partial charge in [-0.15, -0.1) is 0 Å². The monoisotopic (exact) mass is 368 g/mol. The summed E-state index contributed by atoms with van der Waals surface area (Å²) in [6, 6.07) is 17.7. The predicted molar refractivity (Wildman–Crippen MR) is 108 cm³/mol. The second kappa shape index (κ2) is 9.34. The zero-order valence-corrected chi connectivity index (χ0v) is 15.6. The molecule has 0 aromatic heterocycles. The minimum atomic E-state index is -0.198. The minimum Gasteiger partial charge on any atom is -0.493 e. The van der Waals surface area contributed by atoms with Gasteiger partial charge in [0.25, 0.3) is 5.91 Å². The van der Waals surface area contributed by atoms with E-state index in [1.165, 1.54) is 18.4 Å². The third-order valence-corrected chi connectivity index (χ3v) is 4.76. The summed E-state index contributed by atoms with van der Waals surface area (Å²) < 4.78 is 5.74. The molecule has 2 N–H and O–H groups in total. The van der Waals surface area contributed by atoms with Gasteiger partial charge in [-0.05, 0) is 54.9 Å². The van der Waals surface area contributed by atoms with Gasteiger partial charge in [0.15, 0.2) is 5.11 Å². The van der Waals surface area contributed by atoms with E-state index in [1.807, 2.05) is 30.3 Å². The highest BCUT2D eigenvalue weighted by Gasteiger charge is 2.16. The normalized spacial score (nSPS) is 14.0. The van der Waals surface area contributed by atoms with E-state index >= 15 is 0 Å². The van der Waals surface area contributed by atoms with E-state index in [9.17, 15) is 4.79 Å². The molecule has 1 aliphatic carbocycles. The molecule has 0 bridgehead atoms. The zero-order chi connectivity index (χ0) is 18.2. The van der Waals surface area contributed by atoms with Crippen molar-refractivity contribution in [2.24, 2.45) is 0 Å². The van der Waals surface area contributed by atoms with E-state index in [2.05, 4.69) is 22.8 Å². The smallest absolute Gasteiger partial charge is 0.257 e. The van der Waals surface area contributed by atoms with Crippen LogP contribution in [0.4, 0.5) is 0 Å². The Hall–Kier alpha value is -2.40. The quantitative estimate of drug-likeness (QED) is 0.761. The number of carbonyl (C=O) groups excluding carboxylic acids is 1. The van der Waals surface area contributed by atoms with E-state index in [0.717, 1.165) is 25.0 Å². The average molecular weight is 369 g/mol. The SMILES string of the molecule is O=C(NC(=S)NC1CCCC1)c1ccc(OCCc2ccccc2)cc1. The van der Waals surface area contributed by atoms with Crippen LogP contribution in [-0.4, -0.2) is 23.7 Å². The maximum Gasteiger partial charge on any atom is 0.257 e. The lowest BCUT2D eigenvalue weighted by molar-refractivity contribution is 0.0976. The number of thiocarbonyl (C=S) groups is 1. The van der Waals surface area contributed by atoms with Gasteiger partial charge < -0.3 is 10.1 Å². The summed E-state index contributed by atoms with van der Waals surface area (Å²) in [5.74, 6) is 0.556. The van der Waals surface area contributed by atoms with Crippen molar-refractivity contribution >= 4 is 23.2 Å². The van der Waals surface area contributed by atoms with E-state index in [0.29, 0.717) is 23.3 Å². The van der Waals surface area contributed by atoms with Crippen molar-refractivity contribution in [3.63, 3.8) is 0 Å². The molecule has 0 atom stereocenters. The maximum absolute atomic E-state index is 12.3. The van der Waals surface area contributed by atoms with Crippen LogP contribution in [0.5, 0.6) is 5.75 Å². The van der Waals surface area contributed by atoms with Gasteiger partial charge in [0.2, 0.25) is 0 Å². The second-order valence-corrected chi connectivity index (χ2v) is 6.93. The van der Waals surface area contributed by atoms with Crippen LogP contribution >= 0.6 is 12.2 Å². The van der Waals surface area contributed by atoms with Crippen LogP contribution in [0.15, 0.2) is 54.6 Å². The van der Waals surface area contributed by atoms with Crippen LogP contribution in [0.25, 0.3) is 0 Å². The molecule has 3 rings (SSSR count). The van der Waals surface area contributed by atoms with Crippen molar-refractivity contribution in [3.05, 3.63) is 65.7 Å². The number of ether oxygens (including phenoxy) is 1. The molecule has 5 heteroatoms. The molecule has 0 spiro atoms. The summed E-state index contributed by atoms with van der Waals surface area (Å²) in [5.41, 5.74) is 1.81. The van der Waals surface area contributed by atoms with Crippen molar-refractivity contribution in [1.82, 2.24) is 10.6 Å². The molecule has 0 heterocycles. The predicted octanol–water partition coefficient (Wildman–Crippen LogP) is 3.86. The molecule has 2 aromatic rings. The molecule has 0 radical (unpaired) electrons. The Morgan fingerprint density at radius 1 is 1.04 bits per heavy atom. The molecule has 2 aromatic carbocycles. The Kier molecular flexibility index (Phi) is 6.61. The molecule has 136 valence electrons. The molecule has 1 aliphatic rings. The van der Waals surface area contributed by atoms with E-state index in [-0.39, 0.29) is 5.91 Å². The van der Waals surface area contributed by atoms with E-state index in [1.54, 1.807) is 12.1 Å². The van der Waals surface area contributed by atoms with Gasteiger partial charge in [0.1, 0.15) is 5.75 Å². The van der Waals surface area contributed by atoms with Gasteiger partial charge in [0, 0.05) is 18.0 Å². The molecule has 1 fully saturated rings. The largest absolute Gasteiger partial charge is 0.493 e. The average Bonchev–Trinajstić information content (AvgIpc) is 3.16. The molecular formula is C21H24N2O2S. The van der Waals surface area contributed by atoms with E-state index < -0.39 is 0 Å². The van der Waals surface area contributed by atoms with Gasteiger partial charge in [-0.25, -0.2) is 0 Å². The zero-order valence-electron chi connectivity index (χ0n) is 14.7. The number of carbonyl (C=O) groups is 1. The minimum absolute atomic E-state index is 0.198. The van der Waals surface area contributed by atoms with Crippen LogP contribution in [-0.2, 0) is 6.42 Å². The van der Waals surface area contributed by atoms with Crippen LogP contribution in [0, 0.1) is 0 Å². The highest BCUT2D eigenvalue weighted by atomic mass is 32.1. The molecule has 0 saturated heterocycles. The summed E-state index contributed by atoms with van der Waals surface area (Å²) in [6.07, 6.45) is 5.53. The number of nitrogens with one attached hydrogen (secondary N) is 2. The summed E-state index contributed by atoms with van der Waals surface area (Å²) in [6.45, 7) is 0.602. The number of hydrogen-bond donors (Lipinski definition) is 2. The Bertz CT molecular complexity index is 725. The van der Waals surface area contributed by atoms with E-state index in [4.69, 9.17) is 17.0 Å². The summed E-state index contributed by atoms with van der Waals surface area (Å²) in [4.78, 5) is 12.3. The fraction of sp³-hybridized carbons (Fsp3) is 0.333. The lowest BCUT2D eigenvalue weighted by Gasteiger charge is -2.15. The number of hydrogen-bond acceptors (Lipinski definition) is 3. The molecule has 0 aliphatic heterocycles. The van der Waals surface area contributed by atoms with Crippen molar-refractivity contribution in [1.29, 1.82) is 0 Å². The summed E-state index contributed by atoms with van der Waals surface area (Å²) in [5, 5.41) is 6.36. The Labute approximate surface area is 160 Å². The standard InChI is InChI=1S/C21H24N2O2S/c24-20(23-21(26)22-18-8-4-5-9-18)17-10-12-19(13-11-17)25-15-14-16-6-2-1-3-7-16/h1-3,6-7,10-13,18H,4-5,8-9,14-15H2,(H2,22,23,24,26). The van der Waals surface area contributed by atoms with Gasteiger partial charge >= 0.3 is 0 Å². The first-order valence-electron chi connectivity index (χ1n) is 9.09. The fourth-order valence-electron chi connectivity index (χ4n) is 3.10. The molecule has 4 nitrogen and oxygen atoms in total. The number of rotatable bonds is 6. The Morgan fingerprint density at radius 3 is 2.42 bits per heavy atom. The fourth-order valence-corrected chi connectivity index (χ4v) is 3.36. The summed E-state index contributed by atoms with van der Waals surface area (Å²) >= 11 is 5.23. The molecule has 0 unspecified atom stereocenters. The third-order valence-electron chi connectivity index (χ3n) is 4.54. The lowest BCUT2D eigenvalue weighted by Crippen LogP contribution is -2.43. The van der Waals surface area contributed by atoms with Crippen LogP contribution in [0.2, 0.25) is 0 Å². The first-order chi connectivity index (χ1) is 12.7. The lowest BCUT2D eigenvalue weighted by atomic mass is 10.2. The van der Waals surface area contributed by atoms with Crippen LogP contribution in [0.3, 0.4) is 0 Å². The van der Waals surface area contributed by atoms with Crippen molar-refractivity contribution in [2.45, 2.75) is 38.1 Å². The van der Waals surface area contributed by atoms with Crippen molar-refractivity contribution in [3.8, 4) is 5.75 Å². The summed E-state index contributed by atoms with van der Waals surface area (Å²) in [7, 11) is 0. The topological polar surface area (TPSA) is 50.4 Å². The molecular weight excluding hydrogens is 344 g/mol. The molecule has 26 heavy (non-hydrogen) atoms. The number of benzene rings is 2. The van der Waals surface area contributed by atoms with Crippen molar-refractivity contribution < 1.29 is 9.53 Å². The Balaban J connectivity index is 1.44. The molecule has 1 amide bonds. The Morgan fingerprint density at radius 2 is 1.73 bits per heavy atom. The first kappa shape index (κ1) is 18.4.